The molecular weight excluding hydrogens is 174 g/mol. The van der Waals surface area contributed by atoms with Gasteiger partial charge in [-0.25, -0.2) is 0 Å². The Morgan fingerprint density at radius 2 is 2.00 bits per heavy atom. The van der Waals surface area contributed by atoms with E-state index in [1.807, 2.05) is 27.0 Å². The summed E-state index contributed by atoms with van der Waals surface area (Å²) in [7, 11) is 0. The summed E-state index contributed by atoms with van der Waals surface area (Å²) in [5.41, 5.74) is 1.26. The van der Waals surface area contributed by atoms with Gasteiger partial charge in [0.25, 0.3) is 0 Å². The highest BCUT2D eigenvalue weighted by atomic mass is 16.3. The van der Waals surface area contributed by atoms with E-state index in [1.165, 1.54) is 5.57 Å². The molecule has 84 valence electrons. The van der Waals surface area contributed by atoms with E-state index in [9.17, 15) is 0 Å². The second kappa shape index (κ2) is 12.2. The van der Waals surface area contributed by atoms with Gasteiger partial charge in [0, 0.05) is 0 Å². The van der Waals surface area contributed by atoms with Gasteiger partial charge in [0.15, 0.2) is 0 Å². The molecule has 0 saturated carbocycles. The van der Waals surface area contributed by atoms with Crippen LogP contribution in [0.5, 0.6) is 0 Å². The number of hydrogen-bond acceptors (Lipinski definition) is 2. The summed E-state index contributed by atoms with van der Waals surface area (Å²) < 4.78 is 0. The van der Waals surface area contributed by atoms with Crippen LogP contribution < -0.4 is 5.32 Å². The van der Waals surface area contributed by atoms with Gasteiger partial charge in [0.1, 0.15) is 6.23 Å². The van der Waals surface area contributed by atoms with Gasteiger partial charge in [0.2, 0.25) is 0 Å². The van der Waals surface area contributed by atoms with Gasteiger partial charge in [-0.05, 0) is 39.8 Å². The third-order valence-corrected chi connectivity index (χ3v) is 1.51. The minimum Gasteiger partial charge on any atom is -0.374 e. The third-order valence-electron chi connectivity index (χ3n) is 1.51. The van der Waals surface area contributed by atoms with Crippen LogP contribution in [0.4, 0.5) is 0 Å². The summed E-state index contributed by atoms with van der Waals surface area (Å²) in [5, 5.41) is 11.7. The minimum absolute atomic E-state index is 0.457. The molecule has 2 nitrogen and oxygen atoms in total. The molecule has 0 aromatic rings. The molecule has 0 heterocycles. The first-order valence-corrected chi connectivity index (χ1v) is 5.37. The molecule has 14 heavy (non-hydrogen) atoms. The average Bonchev–Trinajstić information content (AvgIpc) is 2.18. The van der Waals surface area contributed by atoms with Crippen molar-refractivity contribution in [3.05, 3.63) is 23.9 Å². The van der Waals surface area contributed by atoms with E-state index in [0.717, 1.165) is 12.8 Å². The number of hydrogen-bond donors (Lipinski definition) is 2. The van der Waals surface area contributed by atoms with Crippen LogP contribution in [-0.2, 0) is 0 Å². The van der Waals surface area contributed by atoms with E-state index in [4.69, 9.17) is 5.11 Å². The fourth-order valence-corrected chi connectivity index (χ4v) is 0.813. The first-order chi connectivity index (χ1) is 6.66. The van der Waals surface area contributed by atoms with Crippen LogP contribution in [-0.4, -0.2) is 11.3 Å². The van der Waals surface area contributed by atoms with Gasteiger partial charge in [-0.3, -0.25) is 0 Å². The standard InChI is InChI=1S/C10H19NO.C2H6/c1-4-5-6-7-9(2)8-11-10(3)12;1-2/h4-5,8,10-12H,6-7H2,1-3H3;1-2H3/b5-4-,9-8+;. The lowest BCUT2D eigenvalue weighted by atomic mass is 10.2. The Kier molecular flexibility index (Phi) is 13.7. The normalized spacial score (nSPS) is 13.4. The molecule has 0 aromatic heterocycles. The van der Waals surface area contributed by atoms with Crippen molar-refractivity contribution in [1.29, 1.82) is 0 Å². The highest BCUT2D eigenvalue weighted by Crippen LogP contribution is 2.02. The molecule has 1 unspecified atom stereocenters. The van der Waals surface area contributed by atoms with Crippen LogP contribution in [0.3, 0.4) is 0 Å². The largest absolute Gasteiger partial charge is 0.374 e. The zero-order valence-electron chi connectivity index (χ0n) is 10.2. The molecule has 0 rings (SSSR count). The number of allylic oxidation sites excluding steroid dienone is 3. The van der Waals surface area contributed by atoms with Crippen LogP contribution in [0.15, 0.2) is 23.9 Å². The Hall–Kier alpha value is -0.760. The predicted molar refractivity (Wildman–Crippen MR) is 64.0 cm³/mol. The van der Waals surface area contributed by atoms with Gasteiger partial charge < -0.3 is 10.4 Å². The Balaban J connectivity index is 0. The second-order valence-corrected chi connectivity index (χ2v) is 2.94. The van der Waals surface area contributed by atoms with Gasteiger partial charge in [0.05, 0.1) is 0 Å². The predicted octanol–water partition coefficient (Wildman–Crippen LogP) is 3.20. The van der Waals surface area contributed by atoms with Crippen LogP contribution >= 0.6 is 0 Å². The number of nitrogens with one attached hydrogen (secondary N) is 1. The molecule has 2 N–H and O–H groups in total. The van der Waals surface area contributed by atoms with Crippen LogP contribution in [0.2, 0.25) is 0 Å². The van der Waals surface area contributed by atoms with E-state index in [0.29, 0.717) is 0 Å². The third kappa shape index (κ3) is 13.8. The molecule has 0 aliphatic heterocycles. The quantitative estimate of drug-likeness (QED) is 0.526. The van der Waals surface area contributed by atoms with Gasteiger partial charge in [-0.1, -0.05) is 31.6 Å². The summed E-state index contributed by atoms with van der Waals surface area (Å²) in [4.78, 5) is 0. The Morgan fingerprint density at radius 3 is 2.43 bits per heavy atom. The summed E-state index contributed by atoms with van der Waals surface area (Å²) in [5.74, 6) is 0. The number of aliphatic hydroxyl groups excluding tert-OH is 1. The highest BCUT2D eigenvalue weighted by Gasteiger charge is 1.89. The Bertz CT molecular complexity index is 160. The van der Waals surface area contributed by atoms with Crippen molar-refractivity contribution in [2.75, 3.05) is 0 Å². The number of aliphatic hydroxyl groups is 1. The molecule has 0 bridgehead atoms. The maximum absolute atomic E-state index is 8.90. The average molecular weight is 199 g/mol. The van der Waals surface area contributed by atoms with Crippen molar-refractivity contribution in [1.82, 2.24) is 5.32 Å². The summed E-state index contributed by atoms with van der Waals surface area (Å²) >= 11 is 0. The van der Waals surface area contributed by atoms with Crippen LogP contribution in [0.25, 0.3) is 0 Å². The topological polar surface area (TPSA) is 32.3 Å². The van der Waals surface area contributed by atoms with Crippen molar-refractivity contribution in [2.24, 2.45) is 0 Å². The molecule has 0 saturated heterocycles. The van der Waals surface area contributed by atoms with E-state index < -0.39 is 6.23 Å². The van der Waals surface area contributed by atoms with Crippen LogP contribution in [0, 0.1) is 0 Å². The molecule has 0 radical (unpaired) electrons. The maximum atomic E-state index is 8.90. The molecule has 0 aliphatic rings. The van der Waals surface area contributed by atoms with Gasteiger partial charge in [-0.15, -0.1) is 0 Å². The fraction of sp³-hybridized carbons (Fsp3) is 0.667. The van der Waals surface area contributed by atoms with Crippen molar-refractivity contribution in [3.8, 4) is 0 Å². The first kappa shape index (κ1) is 15.7. The van der Waals surface area contributed by atoms with Crippen molar-refractivity contribution in [2.45, 2.75) is 53.7 Å². The molecule has 0 amide bonds. The minimum atomic E-state index is -0.457. The summed E-state index contributed by atoms with van der Waals surface area (Å²) in [6.07, 6.45) is 7.72. The monoisotopic (exact) mass is 199 g/mol. The van der Waals surface area contributed by atoms with Gasteiger partial charge >= 0.3 is 0 Å². The Morgan fingerprint density at radius 1 is 1.43 bits per heavy atom. The molecular formula is C12H25NO. The molecule has 2 heteroatoms. The van der Waals surface area contributed by atoms with Crippen molar-refractivity contribution in [3.63, 3.8) is 0 Å². The summed E-state index contributed by atoms with van der Waals surface area (Å²) in [6, 6.07) is 0. The molecule has 1 atom stereocenters. The van der Waals surface area contributed by atoms with E-state index >= 15 is 0 Å². The second-order valence-electron chi connectivity index (χ2n) is 2.94. The SMILES string of the molecule is C/C=C\CC/C(C)=C/NC(C)O.CC. The van der Waals surface area contributed by atoms with Crippen molar-refractivity contribution < 1.29 is 5.11 Å². The highest BCUT2D eigenvalue weighted by molar-refractivity contribution is 4.98. The maximum Gasteiger partial charge on any atom is 0.121 e. The summed E-state index contributed by atoms with van der Waals surface area (Å²) in [6.45, 7) is 9.78. The lowest BCUT2D eigenvalue weighted by molar-refractivity contribution is 0.173. The van der Waals surface area contributed by atoms with E-state index in [-0.39, 0.29) is 0 Å². The zero-order valence-corrected chi connectivity index (χ0v) is 10.2. The van der Waals surface area contributed by atoms with Crippen molar-refractivity contribution >= 4 is 0 Å². The number of rotatable bonds is 5. The Labute approximate surface area is 88.7 Å². The van der Waals surface area contributed by atoms with E-state index in [1.54, 1.807) is 6.92 Å². The lowest BCUT2D eigenvalue weighted by Crippen LogP contribution is -2.19. The van der Waals surface area contributed by atoms with Crippen LogP contribution in [0.1, 0.15) is 47.5 Å². The first-order valence-electron chi connectivity index (χ1n) is 5.37. The molecule has 0 aliphatic carbocycles. The molecule has 0 fully saturated rings. The lowest BCUT2D eigenvalue weighted by Gasteiger charge is -2.04. The molecule has 0 spiro atoms. The fourth-order valence-electron chi connectivity index (χ4n) is 0.813. The van der Waals surface area contributed by atoms with Gasteiger partial charge in [-0.2, -0.15) is 0 Å². The molecule has 0 aromatic carbocycles. The smallest absolute Gasteiger partial charge is 0.121 e. The zero-order chi connectivity index (χ0) is 11.4. The van der Waals surface area contributed by atoms with E-state index in [2.05, 4.69) is 24.4 Å².